The lowest BCUT2D eigenvalue weighted by Crippen LogP contribution is -2.14. The SMILES string of the molecule is NC(=Nc1cccc2ccccc12)SCC(=NNc1ccc([N+](=O)[O-])cc1[N+](=O)[O-])c1ccc([N+](=O)[O-])cc1. The largest absolute Gasteiger partial charge is 0.378 e. The summed E-state index contributed by atoms with van der Waals surface area (Å²) in [5.41, 5.74) is 9.11. The Hall–Kier alpha value is -5.37. The van der Waals surface area contributed by atoms with Gasteiger partial charge >= 0.3 is 5.69 Å². The molecule has 13 nitrogen and oxygen atoms in total. The van der Waals surface area contributed by atoms with Crippen molar-refractivity contribution in [2.75, 3.05) is 11.2 Å². The lowest BCUT2D eigenvalue weighted by molar-refractivity contribution is -0.393. The maximum absolute atomic E-state index is 11.5. The molecule has 14 heteroatoms. The van der Waals surface area contributed by atoms with Crippen LogP contribution >= 0.6 is 11.8 Å². The summed E-state index contributed by atoms with van der Waals surface area (Å²) in [7, 11) is 0. The number of rotatable bonds is 9. The van der Waals surface area contributed by atoms with Crippen molar-refractivity contribution in [3.8, 4) is 0 Å². The van der Waals surface area contributed by atoms with Crippen LogP contribution in [-0.4, -0.2) is 31.4 Å². The van der Waals surface area contributed by atoms with Crippen LogP contribution in [0.5, 0.6) is 0 Å². The van der Waals surface area contributed by atoms with E-state index in [0.717, 1.165) is 34.7 Å². The number of aliphatic imine (C=N–C) groups is 1. The molecule has 0 spiro atoms. The summed E-state index contributed by atoms with van der Waals surface area (Å²) < 4.78 is 0. The third-order valence-corrected chi connectivity index (χ3v) is 6.27. The second kappa shape index (κ2) is 11.8. The Labute approximate surface area is 224 Å². The highest BCUT2D eigenvalue weighted by atomic mass is 32.2. The quantitative estimate of drug-likeness (QED) is 0.114. The summed E-state index contributed by atoms with van der Waals surface area (Å²) in [5.74, 6) is 0.145. The van der Waals surface area contributed by atoms with Crippen LogP contribution < -0.4 is 11.2 Å². The summed E-state index contributed by atoms with van der Waals surface area (Å²) in [6.07, 6.45) is 0. The van der Waals surface area contributed by atoms with E-state index in [1.807, 2.05) is 42.5 Å². The van der Waals surface area contributed by atoms with Gasteiger partial charge in [-0.25, -0.2) is 4.99 Å². The van der Waals surface area contributed by atoms with Gasteiger partial charge in [0.25, 0.3) is 11.4 Å². The Kier molecular flexibility index (Phi) is 8.06. The van der Waals surface area contributed by atoms with Crippen molar-refractivity contribution in [3.63, 3.8) is 0 Å². The van der Waals surface area contributed by atoms with Gasteiger partial charge in [-0.05, 0) is 35.2 Å². The second-order valence-electron chi connectivity index (χ2n) is 7.93. The Bertz CT molecular complexity index is 1630. The number of amidine groups is 1. The zero-order chi connectivity index (χ0) is 27.9. The number of hydrogen-bond donors (Lipinski definition) is 2. The maximum atomic E-state index is 11.5. The monoisotopic (exact) mass is 545 g/mol. The fraction of sp³-hybridized carbons (Fsp3) is 0.0400. The van der Waals surface area contributed by atoms with Crippen LogP contribution in [0, 0.1) is 30.3 Å². The topological polar surface area (TPSA) is 192 Å². The van der Waals surface area contributed by atoms with E-state index in [1.165, 1.54) is 30.3 Å². The smallest absolute Gasteiger partial charge is 0.301 e. The van der Waals surface area contributed by atoms with Gasteiger partial charge in [0.05, 0.1) is 32.2 Å². The van der Waals surface area contributed by atoms with Gasteiger partial charge in [0.2, 0.25) is 0 Å². The molecule has 4 aromatic carbocycles. The van der Waals surface area contributed by atoms with Crippen molar-refractivity contribution >= 4 is 61.9 Å². The molecule has 0 unspecified atom stereocenters. The van der Waals surface area contributed by atoms with Gasteiger partial charge in [-0.1, -0.05) is 48.2 Å². The van der Waals surface area contributed by atoms with E-state index in [2.05, 4.69) is 15.5 Å². The Balaban J connectivity index is 1.63. The summed E-state index contributed by atoms with van der Waals surface area (Å²) in [4.78, 5) is 36.1. The first-order valence-electron chi connectivity index (χ1n) is 11.2. The van der Waals surface area contributed by atoms with Crippen LogP contribution in [0.3, 0.4) is 0 Å². The molecule has 0 saturated carbocycles. The van der Waals surface area contributed by atoms with Crippen LogP contribution in [0.4, 0.5) is 28.4 Å². The lowest BCUT2D eigenvalue weighted by Gasteiger charge is -2.09. The van der Waals surface area contributed by atoms with Crippen LogP contribution in [0.1, 0.15) is 5.56 Å². The number of anilines is 1. The zero-order valence-electron chi connectivity index (χ0n) is 20.0. The number of hydrogen-bond acceptors (Lipinski definition) is 10. The lowest BCUT2D eigenvalue weighted by atomic mass is 10.1. The molecule has 0 radical (unpaired) electrons. The van der Waals surface area contributed by atoms with Crippen LogP contribution in [0.25, 0.3) is 10.8 Å². The Morgan fingerprint density at radius 1 is 0.821 bits per heavy atom. The molecular formula is C25H19N7O6S. The van der Waals surface area contributed by atoms with Gasteiger partial charge in [-0.2, -0.15) is 5.10 Å². The van der Waals surface area contributed by atoms with Gasteiger partial charge in [-0.3, -0.25) is 35.8 Å². The molecule has 0 aliphatic heterocycles. The predicted molar refractivity (Wildman–Crippen MR) is 151 cm³/mol. The van der Waals surface area contributed by atoms with E-state index in [9.17, 15) is 30.3 Å². The Morgan fingerprint density at radius 3 is 2.18 bits per heavy atom. The first-order chi connectivity index (χ1) is 18.7. The van der Waals surface area contributed by atoms with Gasteiger partial charge in [-0.15, -0.1) is 0 Å². The van der Waals surface area contributed by atoms with E-state index in [0.29, 0.717) is 17.0 Å². The molecule has 0 aliphatic rings. The molecule has 0 heterocycles. The normalized spacial score (nSPS) is 11.8. The fourth-order valence-corrected chi connectivity index (χ4v) is 4.24. The number of hydrazone groups is 1. The average molecular weight is 546 g/mol. The fourth-order valence-electron chi connectivity index (χ4n) is 3.56. The molecule has 39 heavy (non-hydrogen) atoms. The number of nitrogens with one attached hydrogen (secondary N) is 1. The van der Waals surface area contributed by atoms with Crippen LogP contribution in [0.15, 0.2) is 95.0 Å². The molecule has 196 valence electrons. The van der Waals surface area contributed by atoms with E-state index >= 15 is 0 Å². The van der Waals surface area contributed by atoms with E-state index in [4.69, 9.17) is 5.73 Å². The molecule has 4 rings (SSSR count). The van der Waals surface area contributed by atoms with Crippen LogP contribution in [0.2, 0.25) is 0 Å². The second-order valence-corrected chi connectivity index (χ2v) is 8.92. The molecule has 0 fully saturated rings. The molecule has 3 N–H and O–H groups in total. The first-order valence-corrected chi connectivity index (χ1v) is 12.2. The number of nitro benzene ring substituents is 3. The Morgan fingerprint density at radius 2 is 1.49 bits per heavy atom. The van der Waals surface area contributed by atoms with Crippen molar-refractivity contribution in [2.24, 2.45) is 15.8 Å². The summed E-state index contributed by atoms with van der Waals surface area (Å²) >= 11 is 1.15. The summed E-state index contributed by atoms with van der Waals surface area (Å²) in [6, 6.07) is 22.1. The molecule has 0 saturated heterocycles. The van der Waals surface area contributed by atoms with Gasteiger partial charge in [0.1, 0.15) is 5.69 Å². The average Bonchev–Trinajstić information content (AvgIpc) is 2.93. The minimum Gasteiger partial charge on any atom is -0.378 e. The highest BCUT2D eigenvalue weighted by Gasteiger charge is 2.20. The minimum absolute atomic E-state index is 0.0765. The molecule has 0 aliphatic carbocycles. The van der Waals surface area contributed by atoms with Crippen molar-refractivity contribution in [2.45, 2.75) is 0 Å². The predicted octanol–water partition coefficient (Wildman–Crippen LogP) is 5.76. The number of thioether (sulfide) groups is 1. The molecule has 4 aromatic rings. The number of nitrogens with two attached hydrogens (primary N) is 1. The van der Waals surface area contributed by atoms with Crippen molar-refractivity contribution in [1.29, 1.82) is 0 Å². The summed E-state index contributed by atoms with van der Waals surface area (Å²) in [6.45, 7) is 0. The van der Waals surface area contributed by atoms with Crippen LogP contribution in [-0.2, 0) is 0 Å². The van der Waals surface area contributed by atoms with Crippen molar-refractivity contribution in [1.82, 2.24) is 0 Å². The van der Waals surface area contributed by atoms with Crippen molar-refractivity contribution in [3.05, 3.63) is 121 Å². The molecule has 0 atom stereocenters. The van der Waals surface area contributed by atoms with Gasteiger partial charge in [0, 0.05) is 29.3 Å². The van der Waals surface area contributed by atoms with Crippen molar-refractivity contribution < 1.29 is 14.8 Å². The van der Waals surface area contributed by atoms with Gasteiger partial charge < -0.3 is 5.73 Å². The van der Waals surface area contributed by atoms with E-state index in [-0.39, 0.29) is 22.3 Å². The van der Waals surface area contributed by atoms with E-state index < -0.39 is 26.1 Å². The molecule has 0 amide bonds. The molecule has 0 aromatic heterocycles. The molecular weight excluding hydrogens is 526 g/mol. The number of fused-ring (bicyclic) bond motifs is 1. The highest BCUT2D eigenvalue weighted by Crippen LogP contribution is 2.30. The number of nitrogens with zero attached hydrogens (tertiary/aromatic N) is 5. The summed E-state index contributed by atoms with van der Waals surface area (Å²) in [5, 5.41) is 40.0. The zero-order valence-corrected chi connectivity index (χ0v) is 20.8. The molecule has 0 bridgehead atoms. The minimum atomic E-state index is -0.764. The van der Waals surface area contributed by atoms with Gasteiger partial charge in [0.15, 0.2) is 5.17 Å². The van der Waals surface area contributed by atoms with E-state index in [1.54, 1.807) is 0 Å². The highest BCUT2D eigenvalue weighted by molar-refractivity contribution is 8.14. The number of benzene rings is 4. The third-order valence-electron chi connectivity index (χ3n) is 5.47. The maximum Gasteiger partial charge on any atom is 0.301 e. The number of non-ortho nitro benzene ring substituents is 2. The first kappa shape index (κ1) is 26.7. The standard InChI is InChI=1S/C25H19N7O6S/c26-25(27-21-7-3-5-16-4-1-2-6-20(16)21)39-15-23(17-8-10-18(11-9-17)30(33)34)29-28-22-13-12-19(31(35)36)14-24(22)32(37)38/h1-14,28H,15H2,(H2,26,27). The third kappa shape index (κ3) is 6.50. The number of nitro groups is 3.